The number of aromatic nitrogens is 1. The predicted molar refractivity (Wildman–Crippen MR) is 68.5 cm³/mol. The summed E-state index contributed by atoms with van der Waals surface area (Å²) in [5.74, 6) is -0.0138. The lowest BCUT2D eigenvalue weighted by atomic mass is 10.2. The monoisotopic (exact) mass is 304 g/mol. The van der Waals surface area contributed by atoms with Crippen molar-refractivity contribution in [2.45, 2.75) is 26.3 Å². The number of primary amides is 1. The van der Waals surface area contributed by atoms with Gasteiger partial charge in [0.2, 0.25) is 0 Å². The van der Waals surface area contributed by atoms with E-state index in [2.05, 4.69) is 9.72 Å². The molecule has 0 aliphatic rings. The van der Waals surface area contributed by atoms with Crippen LogP contribution in [0, 0.1) is 5.41 Å². The molecule has 0 unspecified atom stereocenters. The maximum Gasteiger partial charge on any atom is 0.411 e. The van der Waals surface area contributed by atoms with Gasteiger partial charge in [0.1, 0.15) is 12.4 Å². The number of hydrogen-bond acceptors (Lipinski definition) is 4. The number of rotatable bonds is 5. The molecule has 6 nitrogen and oxygen atoms in total. The summed E-state index contributed by atoms with van der Waals surface area (Å²) in [5, 5.41) is 7.40. The third kappa shape index (κ3) is 6.21. The summed E-state index contributed by atoms with van der Waals surface area (Å²) < 4.78 is 40.2. The van der Waals surface area contributed by atoms with Gasteiger partial charge in [-0.15, -0.1) is 0 Å². The molecular formula is C12H15F3N4O2. The van der Waals surface area contributed by atoms with Crippen LogP contribution in [0.3, 0.4) is 0 Å². The van der Waals surface area contributed by atoms with Gasteiger partial charge in [-0.1, -0.05) is 6.07 Å². The number of carbonyl (C=O) groups is 1. The van der Waals surface area contributed by atoms with Crippen LogP contribution >= 0.6 is 0 Å². The minimum atomic E-state index is -4.37. The normalized spacial score (nSPS) is 11.2. The SMILES string of the molecule is CC(=N)N(Cc1ccc(COCC(F)(F)F)nc1)C(N)=O. The van der Waals surface area contributed by atoms with Crippen molar-refractivity contribution in [1.29, 1.82) is 5.41 Å². The quantitative estimate of drug-likeness (QED) is 0.644. The molecule has 0 saturated carbocycles. The molecule has 1 aromatic heterocycles. The highest BCUT2D eigenvalue weighted by Crippen LogP contribution is 2.15. The maximum atomic E-state index is 11.9. The van der Waals surface area contributed by atoms with E-state index in [-0.39, 0.29) is 19.0 Å². The summed E-state index contributed by atoms with van der Waals surface area (Å²) in [5.41, 5.74) is 6.05. The molecule has 0 aliphatic heterocycles. The van der Waals surface area contributed by atoms with Crippen LogP contribution in [0.4, 0.5) is 18.0 Å². The second-order valence-corrected chi connectivity index (χ2v) is 4.28. The molecule has 9 heteroatoms. The average molecular weight is 304 g/mol. The first-order valence-corrected chi connectivity index (χ1v) is 5.89. The van der Waals surface area contributed by atoms with Crippen molar-refractivity contribution >= 4 is 11.9 Å². The molecule has 1 rings (SSSR count). The van der Waals surface area contributed by atoms with E-state index in [9.17, 15) is 18.0 Å². The van der Waals surface area contributed by atoms with Crippen LogP contribution in [0.1, 0.15) is 18.2 Å². The van der Waals surface area contributed by atoms with E-state index in [0.717, 1.165) is 4.90 Å². The summed E-state index contributed by atoms with van der Waals surface area (Å²) in [6.45, 7) is -0.110. The number of alkyl halides is 3. The number of amides is 2. The summed E-state index contributed by atoms with van der Waals surface area (Å²) in [7, 11) is 0. The van der Waals surface area contributed by atoms with E-state index in [1.54, 1.807) is 6.07 Å². The zero-order chi connectivity index (χ0) is 16.0. The Labute approximate surface area is 119 Å². The van der Waals surface area contributed by atoms with E-state index >= 15 is 0 Å². The number of ether oxygens (including phenoxy) is 1. The Hall–Kier alpha value is -2.16. The second-order valence-electron chi connectivity index (χ2n) is 4.28. The number of urea groups is 1. The van der Waals surface area contributed by atoms with E-state index in [4.69, 9.17) is 11.1 Å². The van der Waals surface area contributed by atoms with Crippen molar-refractivity contribution in [3.8, 4) is 0 Å². The number of amidine groups is 1. The Balaban J connectivity index is 2.57. The Morgan fingerprint density at radius 3 is 2.57 bits per heavy atom. The molecule has 0 saturated heterocycles. The Morgan fingerprint density at radius 2 is 2.14 bits per heavy atom. The largest absolute Gasteiger partial charge is 0.411 e. The second kappa shape index (κ2) is 7.02. The summed E-state index contributed by atoms with van der Waals surface area (Å²) >= 11 is 0. The number of carbonyl (C=O) groups excluding carboxylic acids is 1. The fraction of sp³-hybridized carbons (Fsp3) is 0.417. The molecule has 0 fully saturated rings. The molecule has 1 heterocycles. The Morgan fingerprint density at radius 1 is 1.48 bits per heavy atom. The third-order valence-electron chi connectivity index (χ3n) is 2.41. The molecule has 3 N–H and O–H groups in total. The molecule has 0 aromatic carbocycles. The molecular weight excluding hydrogens is 289 g/mol. The van der Waals surface area contributed by atoms with Crippen molar-refractivity contribution in [1.82, 2.24) is 9.88 Å². The number of pyridine rings is 1. The highest BCUT2D eigenvalue weighted by molar-refractivity contribution is 5.93. The van der Waals surface area contributed by atoms with E-state index in [0.29, 0.717) is 11.3 Å². The predicted octanol–water partition coefficient (Wildman–Crippen LogP) is 2.04. The van der Waals surface area contributed by atoms with Crippen LogP contribution in [0.25, 0.3) is 0 Å². The minimum absolute atomic E-state index is 0.0138. The topological polar surface area (TPSA) is 92.3 Å². The van der Waals surface area contributed by atoms with Gasteiger partial charge in [-0.25, -0.2) is 4.79 Å². The van der Waals surface area contributed by atoms with Crippen LogP contribution in [-0.4, -0.2) is 34.5 Å². The standard InChI is InChI=1S/C12H15F3N4O2/c1-8(16)19(11(17)20)5-9-2-3-10(18-4-9)6-21-7-12(13,14)15/h2-4,16H,5-7H2,1H3,(H2,17,20). The first kappa shape index (κ1) is 16.9. The lowest BCUT2D eigenvalue weighted by molar-refractivity contribution is -0.176. The van der Waals surface area contributed by atoms with Crippen molar-refractivity contribution in [2.75, 3.05) is 6.61 Å². The summed E-state index contributed by atoms with van der Waals surface area (Å²) in [6.07, 6.45) is -2.98. The van der Waals surface area contributed by atoms with Gasteiger partial charge in [0.15, 0.2) is 0 Å². The molecule has 116 valence electrons. The van der Waals surface area contributed by atoms with Crippen LogP contribution in [0.2, 0.25) is 0 Å². The van der Waals surface area contributed by atoms with Gasteiger partial charge in [-0.05, 0) is 18.6 Å². The van der Waals surface area contributed by atoms with Crippen LogP contribution in [-0.2, 0) is 17.9 Å². The smallest absolute Gasteiger partial charge is 0.366 e. The highest BCUT2D eigenvalue weighted by atomic mass is 19.4. The number of nitrogens with zero attached hydrogens (tertiary/aromatic N) is 2. The Kier molecular flexibility index (Phi) is 5.65. The molecule has 0 spiro atoms. The average Bonchev–Trinajstić information content (AvgIpc) is 2.35. The van der Waals surface area contributed by atoms with Gasteiger partial charge in [0.25, 0.3) is 0 Å². The van der Waals surface area contributed by atoms with E-state index in [1.165, 1.54) is 19.2 Å². The zero-order valence-corrected chi connectivity index (χ0v) is 11.3. The maximum absolute atomic E-state index is 11.9. The van der Waals surface area contributed by atoms with Gasteiger partial charge >= 0.3 is 12.2 Å². The number of nitrogens with one attached hydrogen (secondary N) is 1. The summed E-state index contributed by atoms with van der Waals surface area (Å²) in [4.78, 5) is 16.1. The van der Waals surface area contributed by atoms with Crippen molar-refractivity contribution in [3.05, 3.63) is 29.6 Å². The first-order chi connectivity index (χ1) is 9.69. The van der Waals surface area contributed by atoms with Gasteiger partial charge in [0.05, 0.1) is 18.8 Å². The molecule has 0 aliphatic carbocycles. The van der Waals surface area contributed by atoms with E-state index < -0.39 is 18.8 Å². The summed E-state index contributed by atoms with van der Waals surface area (Å²) in [6, 6.07) is 2.31. The lowest BCUT2D eigenvalue weighted by Gasteiger charge is -2.18. The molecule has 21 heavy (non-hydrogen) atoms. The van der Waals surface area contributed by atoms with Gasteiger partial charge in [0, 0.05) is 6.20 Å². The number of halogens is 3. The first-order valence-electron chi connectivity index (χ1n) is 5.89. The molecule has 2 amide bonds. The van der Waals surface area contributed by atoms with Crippen molar-refractivity contribution in [3.63, 3.8) is 0 Å². The molecule has 0 atom stereocenters. The number of nitrogens with two attached hydrogens (primary N) is 1. The number of hydrogen-bond donors (Lipinski definition) is 2. The van der Waals surface area contributed by atoms with Gasteiger partial charge < -0.3 is 10.5 Å². The minimum Gasteiger partial charge on any atom is -0.366 e. The highest BCUT2D eigenvalue weighted by Gasteiger charge is 2.27. The van der Waals surface area contributed by atoms with Crippen molar-refractivity contribution in [2.24, 2.45) is 5.73 Å². The molecule has 0 radical (unpaired) electrons. The molecule has 0 bridgehead atoms. The van der Waals surface area contributed by atoms with Crippen molar-refractivity contribution < 1.29 is 22.7 Å². The van der Waals surface area contributed by atoms with Gasteiger partial charge in [-0.2, -0.15) is 13.2 Å². The third-order valence-corrected chi connectivity index (χ3v) is 2.41. The molecule has 1 aromatic rings. The van der Waals surface area contributed by atoms with Gasteiger partial charge in [-0.3, -0.25) is 15.3 Å². The lowest BCUT2D eigenvalue weighted by Crippen LogP contribution is -2.38. The van der Waals surface area contributed by atoms with Crippen LogP contribution in [0.5, 0.6) is 0 Å². The Bertz CT molecular complexity index is 488. The fourth-order valence-electron chi connectivity index (χ4n) is 1.45. The van der Waals surface area contributed by atoms with Crippen LogP contribution < -0.4 is 5.73 Å². The van der Waals surface area contributed by atoms with Crippen LogP contribution in [0.15, 0.2) is 18.3 Å². The zero-order valence-electron chi connectivity index (χ0n) is 11.3. The fourth-order valence-corrected chi connectivity index (χ4v) is 1.45. The van der Waals surface area contributed by atoms with E-state index in [1.807, 2.05) is 0 Å².